The van der Waals surface area contributed by atoms with Crippen LogP contribution in [0.5, 0.6) is 0 Å². The number of hydrogen-bond acceptors (Lipinski definition) is 5. The van der Waals surface area contributed by atoms with E-state index in [1.54, 1.807) is 0 Å². The van der Waals surface area contributed by atoms with Gasteiger partial charge in [0, 0.05) is 36.3 Å². The van der Waals surface area contributed by atoms with Crippen LogP contribution >= 0.6 is 11.6 Å². The summed E-state index contributed by atoms with van der Waals surface area (Å²) in [5.41, 5.74) is 6.40. The number of nitrogens with zero attached hydrogens (tertiary/aromatic N) is 3. The quantitative estimate of drug-likeness (QED) is 0.491. The summed E-state index contributed by atoms with van der Waals surface area (Å²) in [4.78, 5) is 19.8. The Morgan fingerprint density at radius 2 is 1.86 bits per heavy atom. The second-order valence-electron chi connectivity index (χ2n) is 5.80. The highest BCUT2D eigenvalue weighted by molar-refractivity contribution is 6.34. The van der Waals surface area contributed by atoms with Crippen molar-refractivity contribution in [2.45, 2.75) is 12.7 Å². The molecule has 0 spiro atoms. The fraction of sp³-hybridized carbons (Fsp3) is 0.188. The van der Waals surface area contributed by atoms with Gasteiger partial charge in [0.25, 0.3) is 5.56 Å². The molecule has 12 heteroatoms. The highest BCUT2D eigenvalue weighted by atomic mass is 35.5. The second kappa shape index (κ2) is 6.67. The number of halogens is 6. The maximum atomic E-state index is 14.0. The van der Waals surface area contributed by atoms with Gasteiger partial charge in [0.05, 0.1) is 10.4 Å². The van der Waals surface area contributed by atoms with Crippen molar-refractivity contribution in [2.24, 2.45) is 12.8 Å². The molecule has 148 valence electrons. The summed E-state index contributed by atoms with van der Waals surface area (Å²) >= 11 is 5.88. The van der Waals surface area contributed by atoms with Gasteiger partial charge in [-0.15, -0.1) is 0 Å². The van der Waals surface area contributed by atoms with Crippen LogP contribution in [0, 0.1) is 11.6 Å². The Kier molecular flexibility index (Phi) is 4.76. The highest BCUT2D eigenvalue weighted by Crippen LogP contribution is 2.41. The van der Waals surface area contributed by atoms with Crippen molar-refractivity contribution in [3.05, 3.63) is 50.4 Å². The molecule has 3 rings (SSSR count). The predicted octanol–water partition coefficient (Wildman–Crippen LogP) is 2.99. The van der Waals surface area contributed by atoms with Gasteiger partial charge in [0.1, 0.15) is 11.6 Å². The number of benzene rings is 1. The molecule has 0 saturated heterocycles. The third-order valence-corrected chi connectivity index (χ3v) is 4.48. The number of nitrogens with two attached hydrogens (primary N) is 2. The van der Waals surface area contributed by atoms with Gasteiger partial charge >= 0.3 is 6.18 Å². The van der Waals surface area contributed by atoms with E-state index in [4.69, 9.17) is 23.1 Å². The summed E-state index contributed by atoms with van der Waals surface area (Å²) in [5.74, 6) is -2.74. The Bertz CT molecular complexity index is 1180. The molecule has 3 aromatic rings. The van der Waals surface area contributed by atoms with Crippen LogP contribution in [0.3, 0.4) is 0 Å². The van der Waals surface area contributed by atoms with Crippen molar-refractivity contribution < 1.29 is 22.0 Å². The first-order valence-electron chi connectivity index (χ1n) is 7.58. The largest absolute Gasteiger partial charge is 0.433 e. The van der Waals surface area contributed by atoms with Crippen molar-refractivity contribution in [3.8, 4) is 11.1 Å². The summed E-state index contributed by atoms with van der Waals surface area (Å²) in [7, 11) is 1.22. The van der Waals surface area contributed by atoms with Crippen LogP contribution in [0.25, 0.3) is 22.2 Å². The van der Waals surface area contributed by atoms with Crippen LogP contribution in [0.4, 0.5) is 27.9 Å². The zero-order valence-electron chi connectivity index (χ0n) is 14.0. The SMILES string of the molecule is Cn1c(N)nc2nc(C(F)(F)F)c(CN)c(-c3cc(F)cc(F)c3Cl)c2c1=O. The monoisotopic (exact) mass is 419 g/mol. The maximum Gasteiger partial charge on any atom is 0.433 e. The van der Waals surface area contributed by atoms with Gasteiger partial charge in [-0.25, -0.2) is 13.8 Å². The van der Waals surface area contributed by atoms with E-state index >= 15 is 0 Å². The third-order valence-electron chi connectivity index (χ3n) is 4.10. The molecule has 0 aliphatic heterocycles. The van der Waals surface area contributed by atoms with Crippen molar-refractivity contribution in [1.29, 1.82) is 0 Å². The van der Waals surface area contributed by atoms with E-state index in [9.17, 15) is 26.7 Å². The van der Waals surface area contributed by atoms with Crippen LogP contribution in [0.1, 0.15) is 11.3 Å². The lowest BCUT2D eigenvalue weighted by molar-refractivity contribution is -0.141. The average molecular weight is 420 g/mol. The van der Waals surface area contributed by atoms with Gasteiger partial charge in [0.15, 0.2) is 11.3 Å². The number of alkyl halides is 3. The summed E-state index contributed by atoms with van der Waals surface area (Å²) in [6, 6.07) is 1.16. The molecular weight excluding hydrogens is 409 g/mol. The molecule has 6 nitrogen and oxygen atoms in total. The summed E-state index contributed by atoms with van der Waals surface area (Å²) < 4.78 is 69.3. The van der Waals surface area contributed by atoms with Gasteiger partial charge in [-0.2, -0.15) is 18.2 Å². The molecule has 2 aromatic heterocycles. The molecule has 0 aliphatic carbocycles. The number of aromatic nitrogens is 3. The van der Waals surface area contributed by atoms with E-state index < -0.39 is 74.3 Å². The van der Waals surface area contributed by atoms with Gasteiger partial charge in [-0.05, 0) is 6.07 Å². The molecule has 2 heterocycles. The fourth-order valence-corrected chi connectivity index (χ4v) is 3.02. The first-order valence-corrected chi connectivity index (χ1v) is 7.96. The molecule has 4 N–H and O–H groups in total. The molecule has 0 amide bonds. The van der Waals surface area contributed by atoms with Crippen LogP contribution in [0.2, 0.25) is 5.02 Å². The Morgan fingerprint density at radius 1 is 1.21 bits per heavy atom. The number of pyridine rings is 1. The van der Waals surface area contributed by atoms with E-state index in [1.807, 2.05) is 0 Å². The molecule has 28 heavy (non-hydrogen) atoms. The first kappa shape index (κ1) is 20.0. The zero-order chi connectivity index (χ0) is 21.0. The third kappa shape index (κ3) is 3.06. The Hall–Kier alpha value is -2.79. The molecule has 0 atom stereocenters. The number of fused-ring (bicyclic) bond motifs is 1. The molecule has 0 fully saturated rings. The average Bonchev–Trinajstić information content (AvgIpc) is 2.60. The predicted molar refractivity (Wildman–Crippen MR) is 92.4 cm³/mol. The van der Waals surface area contributed by atoms with Crippen molar-refractivity contribution in [2.75, 3.05) is 5.73 Å². The highest BCUT2D eigenvalue weighted by Gasteiger charge is 2.38. The molecule has 0 bridgehead atoms. The minimum Gasteiger partial charge on any atom is -0.369 e. The molecule has 0 unspecified atom stereocenters. The second-order valence-corrected chi connectivity index (χ2v) is 6.18. The van der Waals surface area contributed by atoms with Crippen LogP contribution in [0.15, 0.2) is 16.9 Å². The molecule has 0 radical (unpaired) electrons. The van der Waals surface area contributed by atoms with Crippen LogP contribution in [-0.4, -0.2) is 14.5 Å². The van der Waals surface area contributed by atoms with Gasteiger partial charge in [0.2, 0.25) is 5.95 Å². The van der Waals surface area contributed by atoms with Crippen LogP contribution < -0.4 is 17.0 Å². The normalized spacial score (nSPS) is 12.0. The molecule has 1 aromatic carbocycles. The topological polar surface area (TPSA) is 99.8 Å². The lowest BCUT2D eigenvalue weighted by Crippen LogP contribution is -2.25. The van der Waals surface area contributed by atoms with Crippen molar-refractivity contribution >= 4 is 28.6 Å². The summed E-state index contributed by atoms with van der Waals surface area (Å²) in [6.45, 7) is -0.741. The van der Waals surface area contributed by atoms with Gasteiger partial charge in [-0.3, -0.25) is 9.36 Å². The zero-order valence-corrected chi connectivity index (χ0v) is 14.8. The Morgan fingerprint density at radius 3 is 2.43 bits per heavy atom. The van der Waals surface area contributed by atoms with E-state index in [-0.39, 0.29) is 0 Å². The molecule has 0 saturated carbocycles. The van der Waals surface area contributed by atoms with Crippen molar-refractivity contribution in [1.82, 2.24) is 14.5 Å². The van der Waals surface area contributed by atoms with E-state index in [1.165, 1.54) is 7.05 Å². The number of hydrogen-bond donors (Lipinski definition) is 2. The lowest BCUT2D eigenvalue weighted by atomic mass is 9.95. The summed E-state index contributed by atoms with van der Waals surface area (Å²) in [6.07, 6.45) is -4.99. The Labute approximate surface area is 158 Å². The molecular formula is C16H11ClF5N5O. The lowest BCUT2D eigenvalue weighted by Gasteiger charge is -2.19. The van der Waals surface area contributed by atoms with E-state index in [0.717, 1.165) is 4.57 Å². The smallest absolute Gasteiger partial charge is 0.369 e. The Balaban J connectivity index is 2.67. The van der Waals surface area contributed by atoms with E-state index in [2.05, 4.69) is 9.97 Å². The van der Waals surface area contributed by atoms with Gasteiger partial charge < -0.3 is 11.5 Å². The van der Waals surface area contributed by atoms with Crippen molar-refractivity contribution in [3.63, 3.8) is 0 Å². The molecule has 0 aliphatic rings. The summed E-state index contributed by atoms with van der Waals surface area (Å²) in [5, 5.41) is -1.13. The minimum atomic E-state index is -4.99. The number of rotatable bonds is 2. The maximum absolute atomic E-state index is 14.0. The van der Waals surface area contributed by atoms with Gasteiger partial charge in [-0.1, -0.05) is 11.6 Å². The number of nitrogen functional groups attached to an aromatic ring is 1. The van der Waals surface area contributed by atoms with E-state index in [0.29, 0.717) is 12.1 Å². The minimum absolute atomic E-state index is 0.402. The first-order chi connectivity index (χ1) is 13.0. The van der Waals surface area contributed by atoms with Crippen LogP contribution in [-0.2, 0) is 19.8 Å². The fourth-order valence-electron chi connectivity index (χ4n) is 2.82. The standard InChI is InChI=1S/C16H11ClF5N5O/c1-27-14(28)10-9(6-2-5(18)3-8(19)11(6)17)7(4-23)12(16(20,21)22)25-13(10)26-15(27)24/h2-3H,4,23H2,1H3,(H2,24,25,26). The number of anilines is 1.